The van der Waals surface area contributed by atoms with Gasteiger partial charge < -0.3 is 10.8 Å². The summed E-state index contributed by atoms with van der Waals surface area (Å²) in [6.07, 6.45) is 0.556. The van der Waals surface area contributed by atoms with Crippen LogP contribution in [-0.2, 0) is 21.2 Å². The summed E-state index contributed by atoms with van der Waals surface area (Å²) in [5, 5.41) is 10.6. The molecule has 4 aromatic carbocycles. The molecule has 0 aliphatic rings. The van der Waals surface area contributed by atoms with Gasteiger partial charge in [-0.1, -0.05) is 65.7 Å². The van der Waals surface area contributed by atoms with E-state index in [4.69, 9.17) is 28.9 Å². The van der Waals surface area contributed by atoms with Crippen molar-refractivity contribution in [3.8, 4) is 0 Å². The zero-order chi connectivity index (χ0) is 28.3. The van der Waals surface area contributed by atoms with Crippen molar-refractivity contribution < 1.29 is 27.9 Å². The highest BCUT2D eigenvalue weighted by molar-refractivity contribution is 7.93. The van der Waals surface area contributed by atoms with E-state index in [2.05, 4.69) is 0 Å². The number of carboxylic acids is 1. The van der Waals surface area contributed by atoms with Gasteiger partial charge in [-0.3, -0.25) is 18.7 Å². The van der Waals surface area contributed by atoms with E-state index in [1.807, 2.05) is 0 Å². The lowest BCUT2D eigenvalue weighted by Gasteiger charge is -2.25. The lowest BCUT2D eigenvalue weighted by Crippen LogP contribution is -2.36. The largest absolute Gasteiger partial charge is 0.480 e. The maximum absolute atomic E-state index is 13.6. The molecule has 1 amide bonds. The van der Waals surface area contributed by atoms with Crippen molar-refractivity contribution in [2.75, 3.05) is 10.8 Å². The average Bonchev–Trinajstić information content (AvgIpc) is 2.89. The van der Waals surface area contributed by atoms with Gasteiger partial charge in [0.25, 0.3) is 10.0 Å². The van der Waals surface area contributed by atoms with Gasteiger partial charge in [0, 0.05) is 33.0 Å². The van der Waals surface area contributed by atoms with Crippen LogP contribution in [0.4, 0.5) is 5.69 Å². The number of carbonyl (C=O) groups excluding carboxylic acids is 2. The SMILES string of the molecule is NC(=O)c1ccc(CCC(=O)c2cccc3c(N(CC(=O)O)S(=O)(=O)c4cc(Cl)cc(Cl)c4)cccc23)cc1. The van der Waals surface area contributed by atoms with Crippen molar-refractivity contribution in [2.24, 2.45) is 5.73 Å². The van der Waals surface area contributed by atoms with E-state index in [0.29, 0.717) is 28.3 Å². The second kappa shape index (κ2) is 11.4. The molecule has 4 aromatic rings. The molecule has 0 aromatic heterocycles. The molecule has 0 unspecified atom stereocenters. The number of nitrogens with two attached hydrogens (primary N) is 1. The van der Waals surface area contributed by atoms with Crippen LogP contribution in [0.15, 0.2) is 83.8 Å². The number of aliphatic carboxylic acids is 1. The minimum Gasteiger partial charge on any atom is -0.480 e. The minimum absolute atomic E-state index is 0.0754. The van der Waals surface area contributed by atoms with Crippen molar-refractivity contribution in [3.05, 3.63) is 106 Å². The molecule has 0 saturated heterocycles. The molecule has 3 N–H and O–H groups in total. The molecule has 0 radical (unpaired) electrons. The summed E-state index contributed by atoms with van der Waals surface area (Å²) in [4.78, 5) is 36.0. The number of carboxylic acid groups (broad SMARTS) is 1. The quantitative estimate of drug-likeness (QED) is 0.241. The molecule has 200 valence electrons. The number of primary amides is 1. The summed E-state index contributed by atoms with van der Waals surface area (Å²) in [6.45, 7) is -0.870. The van der Waals surface area contributed by atoms with Gasteiger partial charge in [-0.05, 0) is 53.8 Å². The van der Waals surface area contributed by atoms with Crippen LogP contribution < -0.4 is 10.0 Å². The number of hydrogen-bond acceptors (Lipinski definition) is 5. The van der Waals surface area contributed by atoms with Gasteiger partial charge in [0.15, 0.2) is 5.78 Å². The first kappa shape index (κ1) is 28.1. The standard InChI is InChI=1S/C28H22Cl2N2O6S/c29-19-13-20(30)15-21(14-19)39(37,38)32(16-27(34)35)25-6-2-3-22-23(25)4-1-5-24(22)26(33)12-9-17-7-10-18(11-8-17)28(31)36/h1-8,10-11,13-15H,9,12,16H2,(H2,31,36)(H,34,35). The van der Waals surface area contributed by atoms with Gasteiger partial charge in [-0.2, -0.15) is 0 Å². The molecule has 0 aliphatic carbocycles. The normalized spacial score (nSPS) is 11.3. The minimum atomic E-state index is -4.41. The Kier molecular flexibility index (Phi) is 8.25. The number of carbonyl (C=O) groups is 3. The number of hydrogen-bond donors (Lipinski definition) is 2. The molecule has 0 aliphatic heterocycles. The number of benzene rings is 4. The number of anilines is 1. The number of nitrogens with zero attached hydrogens (tertiary/aromatic N) is 1. The van der Waals surface area contributed by atoms with Gasteiger partial charge in [-0.15, -0.1) is 0 Å². The van der Waals surface area contributed by atoms with Gasteiger partial charge in [0.1, 0.15) is 6.54 Å². The van der Waals surface area contributed by atoms with E-state index in [0.717, 1.165) is 9.87 Å². The van der Waals surface area contributed by atoms with E-state index in [1.54, 1.807) is 54.6 Å². The first-order valence-corrected chi connectivity index (χ1v) is 13.8. The molecule has 39 heavy (non-hydrogen) atoms. The van der Waals surface area contributed by atoms with E-state index >= 15 is 0 Å². The molecule has 0 saturated carbocycles. The molecule has 0 bridgehead atoms. The van der Waals surface area contributed by atoms with E-state index < -0.39 is 28.4 Å². The summed E-state index contributed by atoms with van der Waals surface area (Å²) in [6, 6.07) is 20.0. The third-order valence-corrected chi connectivity index (χ3v) is 8.22. The summed E-state index contributed by atoms with van der Waals surface area (Å²) >= 11 is 12.0. The maximum atomic E-state index is 13.6. The second-order valence-corrected chi connectivity index (χ2v) is 11.4. The Morgan fingerprint density at radius 3 is 2.08 bits per heavy atom. The summed E-state index contributed by atoms with van der Waals surface area (Å²) < 4.78 is 28.0. The fourth-order valence-corrected chi connectivity index (χ4v) is 6.37. The predicted molar refractivity (Wildman–Crippen MR) is 150 cm³/mol. The Bertz CT molecular complexity index is 1690. The Hall–Kier alpha value is -3.92. The van der Waals surface area contributed by atoms with Crippen LogP contribution in [0, 0.1) is 0 Å². The van der Waals surface area contributed by atoms with Crippen molar-refractivity contribution in [3.63, 3.8) is 0 Å². The fourth-order valence-electron chi connectivity index (χ4n) is 4.21. The Balaban J connectivity index is 1.72. The molecule has 0 spiro atoms. The van der Waals surface area contributed by atoms with Crippen LogP contribution in [0.5, 0.6) is 0 Å². The van der Waals surface area contributed by atoms with Crippen molar-refractivity contribution in [1.29, 1.82) is 0 Å². The first-order chi connectivity index (χ1) is 18.5. The van der Waals surface area contributed by atoms with Crippen LogP contribution in [0.2, 0.25) is 10.0 Å². The van der Waals surface area contributed by atoms with Crippen LogP contribution in [0.3, 0.4) is 0 Å². The van der Waals surface area contributed by atoms with Crippen LogP contribution in [0.1, 0.15) is 32.7 Å². The fraction of sp³-hybridized carbons (Fsp3) is 0.107. The van der Waals surface area contributed by atoms with E-state index in [-0.39, 0.29) is 32.8 Å². The molecule has 11 heteroatoms. The predicted octanol–water partition coefficient (Wildman–Crippen LogP) is 5.34. The van der Waals surface area contributed by atoms with Gasteiger partial charge in [0.05, 0.1) is 10.6 Å². The van der Waals surface area contributed by atoms with Crippen molar-refractivity contribution in [2.45, 2.75) is 17.7 Å². The number of rotatable bonds is 10. The Labute approximate surface area is 234 Å². The molecular weight excluding hydrogens is 563 g/mol. The van der Waals surface area contributed by atoms with Crippen molar-refractivity contribution in [1.82, 2.24) is 0 Å². The number of ketones is 1. The highest BCUT2D eigenvalue weighted by atomic mass is 35.5. The van der Waals surface area contributed by atoms with Gasteiger partial charge >= 0.3 is 5.97 Å². The number of aryl methyl sites for hydroxylation is 1. The molecule has 4 rings (SSSR count). The third-order valence-electron chi connectivity index (χ3n) is 6.05. The molecule has 0 heterocycles. The first-order valence-electron chi connectivity index (χ1n) is 11.6. The van der Waals surface area contributed by atoms with Gasteiger partial charge in [0.2, 0.25) is 5.91 Å². The number of Topliss-reactive ketones (excluding diaryl/α,β-unsaturated/α-hetero) is 1. The van der Waals surface area contributed by atoms with Crippen LogP contribution in [0.25, 0.3) is 10.8 Å². The highest BCUT2D eigenvalue weighted by Crippen LogP contribution is 2.34. The average molecular weight is 585 g/mol. The van der Waals surface area contributed by atoms with E-state index in [1.165, 1.54) is 24.3 Å². The molecule has 0 fully saturated rings. The molecule has 0 atom stereocenters. The smallest absolute Gasteiger partial charge is 0.324 e. The Morgan fingerprint density at radius 1 is 0.846 bits per heavy atom. The van der Waals surface area contributed by atoms with E-state index in [9.17, 15) is 27.9 Å². The summed E-state index contributed by atoms with van der Waals surface area (Å²) in [7, 11) is -4.41. The topological polar surface area (TPSA) is 135 Å². The number of sulfonamides is 1. The Morgan fingerprint density at radius 2 is 1.46 bits per heavy atom. The monoisotopic (exact) mass is 584 g/mol. The zero-order valence-electron chi connectivity index (χ0n) is 20.3. The number of amides is 1. The molecule has 8 nitrogen and oxygen atoms in total. The zero-order valence-corrected chi connectivity index (χ0v) is 22.6. The third kappa shape index (κ3) is 6.22. The number of halogens is 2. The van der Waals surface area contributed by atoms with Crippen LogP contribution in [-0.4, -0.2) is 37.7 Å². The lowest BCUT2D eigenvalue weighted by atomic mass is 9.96. The highest BCUT2D eigenvalue weighted by Gasteiger charge is 2.29. The maximum Gasteiger partial charge on any atom is 0.324 e. The second-order valence-electron chi connectivity index (χ2n) is 8.67. The van der Waals surface area contributed by atoms with Crippen molar-refractivity contribution >= 4 is 67.3 Å². The van der Waals surface area contributed by atoms with Gasteiger partial charge in [-0.25, -0.2) is 8.42 Å². The lowest BCUT2D eigenvalue weighted by molar-refractivity contribution is -0.135. The van der Waals surface area contributed by atoms with Crippen LogP contribution >= 0.6 is 23.2 Å². The number of fused-ring (bicyclic) bond motifs is 1. The molecular formula is C28H22Cl2N2O6S. The summed E-state index contributed by atoms with van der Waals surface area (Å²) in [5.41, 5.74) is 6.93. The summed E-state index contributed by atoms with van der Waals surface area (Å²) in [5.74, 6) is -2.11.